The van der Waals surface area contributed by atoms with Gasteiger partial charge in [0.2, 0.25) is 17.7 Å². The number of carboxylic acid groups (broad SMARTS) is 1. The van der Waals surface area contributed by atoms with Gasteiger partial charge in [-0.1, -0.05) is 6.42 Å². The average molecular weight is 458 g/mol. The van der Waals surface area contributed by atoms with E-state index >= 15 is 0 Å². The Morgan fingerprint density at radius 3 is 2.26 bits per heavy atom. The standard InChI is InChI=1S/C19H31N5O6S/c1-9(16(26)21-10(2)17(27)22-11(3)18(28)29)20-14(25)7-5-4-6-13-15-12(8-31-13)23-19(30)24-15/h9-13,15H,4-8H2,1-3H3,(H,20,25)(H,21,26)(H,22,27)(H,28,29)(H2,23,24,30)/t9-,10-,11-,12-,13-,15-/m0/s1. The average Bonchev–Trinajstić information content (AvgIpc) is 3.24. The molecule has 6 atom stereocenters. The van der Waals surface area contributed by atoms with Gasteiger partial charge in [-0.3, -0.25) is 19.2 Å². The highest BCUT2D eigenvalue weighted by Crippen LogP contribution is 2.33. The number of fused-ring (bicyclic) bond motifs is 1. The Morgan fingerprint density at radius 2 is 1.61 bits per heavy atom. The van der Waals surface area contributed by atoms with E-state index in [1.165, 1.54) is 20.8 Å². The smallest absolute Gasteiger partial charge is 0.325 e. The van der Waals surface area contributed by atoms with Gasteiger partial charge in [0.1, 0.15) is 18.1 Å². The third-order valence-electron chi connectivity index (χ3n) is 5.33. The fourth-order valence-electron chi connectivity index (χ4n) is 3.46. The van der Waals surface area contributed by atoms with Crippen LogP contribution in [0.2, 0.25) is 0 Å². The monoisotopic (exact) mass is 457 g/mol. The maximum absolute atomic E-state index is 12.2. The number of carbonyl (C=O) groups is 5. The number of carbonyl (C=O) groups excluding carboxylic acids is 4. The summed E-state index contributed by atoms with van der Waals surface area (Å²) in [5, 5.41) is 22.3. The lowest BCUT2D eigenvalue weighted by Crippen LogP contribution is -2.53. The summed E-state index contributed by atoms with van der Waals surface area (Å²) in [7, 11) is 0. The van der Waals surface area contributed by atoms with Crippen molar-refractivity contribution in [1.29, 1.82) is 0 Å². The van der Waals surface area contributed by atoms with Crippen LogP contribution in [-0.4, -0.2) is 76.0 Å². The lowest BCUT2D eigenvalue weighted by atomic mass is 10.0. The molecule has 5 amide bonds. The minimum absolute atomic E-state index is 0.116. The number of rotatable bonds is 11. The van der Waals surface area contributed by atoms with Gasteiger partial charge in [-0.25, -0.2) is 4.79 Å². The lowest BCUT2D eigenvalue weighted by Gasteiger charge is -2.19. The summed E-state index contributed by atoms with van der Waals surface area (Å²) in [5.41, 5.74) is 0. The molecule has 0 unspecified atom stereocenters. The number of carboxylic acids is 1. The molecule has 2 aliphatic heterocycles. The van der Waals surface area contributed by atoms with Crippen molar-refractivity contribution < 1.29 is 29.1 Å². The molecule has 0 aromatic carbocycles. The van der Waals surface area contributed by atoms with Crippen LogP contribution in [0, 0.1) is 0 Å². The molecule has 2 aliphatic rings. The molecule has 6 N–H and O–H groups in total. The zero-order valence-corrected chi connectivity index (χ0v) is 18.7. The van der Waals surface area contributed by atoms with Gasteiger partial charge in [0.05, 0.1) is 12.1 Å². The molecule has 0 bridgehead atoms. The van der Waals surface area contributed by atoms with Crippen molar-refractivity contribution in [3.8, 4) is 0 Å². The molecule has 2 saturated heterocycles. The Hall–Kier alpha value is -2.50. The second kappa shape index (κ2) is 11.2. The molecular formula is C19H31N5O6S. The zero-order valence-electron chi connectivity index (χ0n) is 17.9. The van der Waals surface area contributed by atoms with Crippen LogP contribution in [0.1, 0.15) is 46.5 Å². The van der Waals surface area contributed by atoms with Crippen molar-refractivity contribution >= 4 is 41.5 Å². The van der Waals surface area contributed by atoms with Gasteiger partial charge >= 0.3 is 12.0 Å². The summed E-state index contributed by atoms with van der Waals surface area (Å²) >= 11 is 1.83. The molecule has 0 saturated carbocycles. The topological polar surface area (TPSA) is 166 Å². The molecule has 174 valence electrons. The Labute approximate surface area is 185 Å². The van der Waals surface area contributed by atoms with Crippen LogP contribution >= 0.6 is 11.8 Å². The number of urea groups is 1. The fourth-order valence-corrected chi connectivity index (χ4v) is 5.00. The maximum atomic E-state index is 12.2. The van der Waals surface area contributed by atoms with Gasteiger partial charge in [-0.2, -0.15) is 11.8 Å². The van der Waals surface area contributed by atoms with Crippen LogP contribution in [0.3, 0.4) is 0 Å². The third-order valence-corrected chi connectivity index (χ3v) is 6.84. The SMILES string of the molecule is C[C@H](NC(=O)[C@H](C)NC(=O)[C@H](C)NC(=O)CCCC[C@@H]1SC[C@@H]2NC(=O)N[C@@H]21)C(=O)O. The fraction of sp³-hybridized carbons (Fsp3) is 0.737. The van der Waals surface area contributed by atoms with Crippen molar-refractivity contribution in [2.45, 2.75) is 81.9 Å². The highest BCUT2D eigenvalue weighted by Gasteiger charge is 2.42. The highest BCUT2D eigenvalue weighted by atomic mass is 32.2. The number of aliphatic carboxylic acids is 1. The van der Waals surface area contributed by atoms with Crippen molar-refractivity contribution in [3.63, 3.8) is 0 Å². The number of unbranched alkanes of at least 4 members (excludes halogenated alkanes) is 1. The first kappa shape index (κ1) is 24.8. The van der Waals surface area contributed by atoms with Crippen LogP contribution in [0.25, 0.3) is 0 Å². The van der Waals surface area contributed by atoms with Crippen LogP contribution in [0.15, 0.2) is 0 Å². The van der Waals surface area contributed by atoms with E-state index in [0.717, 1.165) is 18.6 Å². The summed E-state index contributed by atoms with van der Waals surface area (Å²) in [6, 6.07) is -2.62. The Balaban J connectivity index is 1.62. The van der Waals surface area contributed by atoms with Gasteiger partial charge < -0.3 is 31.7 Å². The summed E-state index contributed by atoms with van der Waals surface area (Å²) in [4.78, 5) is 58.4. The van der Waals surface area contributed by atoms with Gasteiger partial charge in [-0.15, -0.1) is 0 Å². The van der Waals surface area contributed by atoms with E-state index in [1.807, 2.05) is 11.8 Å². The van der Waals surface area contributed by atoms with Gasteiger partial charge in [-0.05, 0) is 33.6 Å². The molecule has 31 heavy (non-hydrogen) atoms. The van der Waals surface area contributed by atoms with Crippen molar-refractivity contribution in [1.82, 2.24) is 26.6 Å². The summed E-state index contributed by atoms with van der Waals surface area (Å²) in [6.45, 7) is 4.27. The van der Waals surface area contributed by atoms with E-state index in [1.54, 1.807) is 0 Å². The Bertz CT molecular complexity index is 720. The molecular weight excluding hydrogens is 426 g/mol. The summed E-state index contributed by atoms with van der Waals surface area (Å²) < 4.78 is 0. The zero-order chi connectivity index (χ0) is 23.1. The van der Waals surface area contributed by atoms with E-state index in [2.05, 4.69) is 26.6 Å². The molecule has 2 heterocycles. The largest absolute Gasteiger partial charge is 0.480 e. The number of thioether (sulfide) groups is 1. The molecule has 0 aromatic heterocycles. The minimum Gasteiger partial charge on any atom is -0.480 e. The van der Waals surface area contributed by atoms with Gasteiger partial charge in [0.15, 0.2) is 0 Å². The summed E-state index contributed by atoms with van der Waals surface area (Å²) in [6.07, 6.45) is 2.68. The maximum Gasteiger partial charge on any atom is 0.325 e. The Kier molecular flexibility index (Phi) is 8.96. The second-order valence-corrected chi connectivity index (χ2v) is 9.23. The quantitative estimate of drug-likeness (QED) is 0.176. The second-order valence-electron chi connectivity index (χ2n) is 7.96. The number of hydrogen-bond donors (Lipinski definition) is 6. The van der Waals surface area contributed by atoms with E-state index in [9.17, 15) is 24.0 Å². The van der Waals surface area contributed by atoms with E-state index in [-0.39, 0.29) is 30.4 Å². The van der Waals surface area contributed by atoms with Crippen molar-refractivity contribution in [2.24, 2.45) is 0 Å². The molecule has 11 nitrogen and oxygen atoms in total. The molecule has 0 aromatic rings. The van der Waals surface area contributed by atoms with E-state index < -0.39 is 35.9 Å². The number of hydrogen-bond acceptors (Lipinski definition) is 6. The molecule has 0 spiro atoms. The first-order valence-corrected chi connectivity index (χ1v) is 11.4. The van der Waals surface area contributed by atoms with Crippen LogP contribution < -0.4 is 26.6 Å². The Morgan fingerprint density at radius 1 is 1.00 bits per heavy atom. The molecule has 2 fully saturated rings. The van der Waals surface area contributed by atoms with Crippen LogP contribution in [0.5, 0.6) is 0 Å². The molecule has 2 rings (SSSR count). The molecule has 0 radical (unpaired) electrons. The minimum atomic E-state index is -1.18. The van der Waals surface area contributed by atoms with E-state index in [0.29, 0.717) is 11.7 Å². The number of nitrogens with one attached hydrogen (secondary N) is 5. The molecule has 12 heteroatoms. The predicted molar refractivity (Wildman–Crippen MR) is 114 cm³/mol. The first-order valence-electron chi connectivity index (χ1n) is 10.4. The molecule has 0 aliphatic carbocycles. The van der Waals surface area contributed by atoms with Crippen molar-refractivity contribution in [2.75, 3.05) is 5.75 Å². The first-order chi connectivity index (χ1) is 14.6. The van der Waals surface area contributed by atoms with Crippen LogP contribution in [-0.2, 0) is 19.2 Å². The lowest BCUT2D eigenvalue weighted by molar-refractivity contribution is -0.141. The van der Waals surface area contributed by atoms with Crippen LogP contribution in [0.4, 0.5) is 4.79 Å². The highest BCUT2D eigenvalue weighted by molar-refractivity contribution is 8.00. The number of amides is 5. The predicted octanol–water partition coefficient (Wildman–Crippen LogP) is -0.689. The summed E-state index contributed by atoms with van der Waals surface area (Å²) in [5.74, 6) is -1.69. The van der Waals surface area contributed by atoms with Gasteiger partial charge in [0, 0.05) is 17.4 Å². The van der Waals surface area contributed by atoms with Gasteiger partial charge in [0.25, 0.3) is 0 Å². The van der Waals surface area contributed by atoms with Crippen molar-refractivity contribution in [3.05, 3.63) is 0 Å². The normalized spacial score (nSPS) is 24.7. The van der Waals surface area contributed by atoms with E-state index in [4.69, 9.17) is 5.11 Å². The third kappa shape index (κ3) is 7.30.